The second-order valence-corrected chi connectivity index (χ2v) is 2.47. The van der Waals surface area contributed by atoms with Gasteiger partial charge in [0.2, 0.25) is 5.78 Å². The van der Waals surface area contributed by atoms with Crippen LogP contribution in [0, 0.1) is 10.1 Å². The summed E-state index contributed by atoms with van der Waals surface area (Å²) in [6.45, 7) is 1.16. The Hall–Kier alpha value is -1.91. The van der Waals surface area contributed by atoms with E-state index in [0.29, 0.717) is 5.69 Å². The van der Waals surface area contributed by atoms with Crippen molar-refractivity contribution < 1.29 is 9.72 Å². The molecule has 0 fully saturated rings. The fourth-order valence-corrected chi connectivity index (χ4v) is 0.864. The molecule has 0 amide bonds. The zero-order valence-corrected chi connectivity index (χ0v) is 6.98. The number of hydrogen-bond donors (Lipinski definition) is 1. The van der Waals surface area contributed by atoms with Crippen molar-refractivity contribution in [2.24, 2.45) is 0 Å². The van der Waals surface area contributed by atoms with Gasteiger partial charge in [-0.2, -0.15) is 0 Å². The maximum absolute atomic E-state index is 10.8. The lowest BCUT2D eigenvalue weighted by atomic mass is 10.2. The normalized spacial score (nSPS) is 11.3. The third kappa shape index (κ3) is 2.26. The minimum absolute atomic E-state index is 0.414. The number of aromatic nitrogens is 1. The number of carbonyl (C=O) groups is 1. The molecule has 0 unspecified atom stereocenters. The van der Waals surface area contributed by atoms with Gasteiger partial charge < -0.3 is 4.98 Å². The van der Waals surface area contributed by atoms with Crippen LogP contribution in [0.2, 0.25) is 0 Å². The molecule has 1 N–H and O–H groups in total. The molecule has 0 spiro atoms. The van der Waals surface area contributed by atoms with Crippen molar-refractivity contribution in [1.82, 2.24) is 4.98 Å². The van der Waals surface area contributed by atoms with Crippen LogP contribution >= 0.6 is 0 Å². The molecule has 0 radical (unpaired) electrons. The Morgan fingerprint density at radius 3 is 2.77 bits per heavy atom. The van der Waals surface area contributed by atoms with E-state index < -0.39 is 16.4 Å². The van der Waals surface area contributed by atoms with Crippen LogP contribution < -0.4 is 0 Å². The summed E-state index contributed by atoms with van der Waals surface area (Å²) in [4.78, 5) is 23.2. The van der Waals surface area contributed by atoms with Crippen molar-refractivity contribution >= 4 is 11.9 Å². The third-order valence-corrected chi connectivity index (χ3v) is 1.47. The van der Waals surface area contributed by atoms with E-state index in [9.17, 15) is 14.9 Å². The number of H-pyrrole nitrogens is 1. The van der Waals surface area contributed by atoms with E-state index in [1.165, 1.54) is 6.08 Å². The van der Waals surface area contributed by atoms with Gasteiger partial charge in [0, 0.05) is 24.9 Å². The number of nitrogens with one attached hydrogen (secondary N) is 1. The van der Waals surface area contributed by atoms with Gasteiger partial charge >= 0.3 is 5.70 Å². The molecule has 0 bridgehead atoms. The van der Waals surface area contributed by atoms with Crippen molar-refractivity contribution in [2.75, 3.05) is 0 Å². The average Bonchev–Trinajstić information content (AvgIpc) is 2.50. The monoisotopic (exact) mass is 180 g/mol. The van der Waals surface area contributed by atoms with Gasteiger partial charge in [-0.05, 0) is 12.1 Å². The van der Waals surface area contributed by atoms with Crippen LogP contribution in [0.4, 0.5) is 0 Å². The summed E-state index contributed by atoms with van der Waals surface area (Å²) in [6.07, 6.45) is 2.84. The van der Waals surface area contributed by atoms with Gasteiger partial charge in [-0.1, -0.05) is 0 Å². The Bertz CT molecular complexity index is 335. The predicted octanol–water partition coefficient (Wildman–Crippen LogP) is 1.22. The molecular formula is C8H8N2O3. The maximum atomic E-state index is 10.8. The molecule has 1 aromatic heterocycles. The third-order valence-electron chi connectivity index (χ3n) is 1.47. The summed E-state index contributed by atoms with van der Waals surface area (Å²) in [5.41, 5.74) is 0.129. The lowest BCUT2D eigenvalue weighted by molar-refractivity contribution is -0.417. The fourth-order valence-electron chi connectivity index (χ4n) is 0.864. The lowest BCUT2D eigenvalue weighted by Crippen LogP contribution is -2.07. The molecule has 0 aliphatic heterocycles. The standard InChI is InChI=1S/C8H8N2O3/c1-6(11)8(10(12)13)5-7-3-2-4-9-7/h2-5,9H,1H3. The Morgan fingerprint density at radius 1 is 1.69 bits per heavy atom. The molecule has 0 atom stereocenters. The second-order valence-electron chi connectivity index (χ2n) is 2.47. The average molecular weight is 180 g/mol. The van der Waals surface area contributed by atoms with Crippen molar-refractivity contribution in [1.29, 1.82) is 0 Å². The number of aromatic amines is 1. The highest BCUT2D eigenvalue weighted by Gasteiger charge is 2.16. The number of allylic oxidation sites excluding steroid dienone is 1. The maximum Gasteiger partial charge on any atom is 0.313 e. The van der Waals surface area contributed by atoms with E-state index in [-0.39, 0.29) is 0 Å². The molecule has 5 nitrogen and oxygen atoms in total. The SMILES string of the molecule is CC(=O)C(=Cc1ccc[nH]1)[N+](=O)[O-]. The van der Waals surface area contributed by atoms with E-state index in [4.69, 9.17) is 0 Å². The van der Waals surface area contributed by atoms with Crippen LogP contribution in [-0.4, -0.2) is 15.7 Å². The Balaban J connectivity index is 3.01. The van der Waals surface area contributed by atoms with Crippen molar-refractivity contribution in [2.45, 2.75) is 6.92 Å². The number of ketones is 1. The summed E-state index contributed by atoms with van der Waals surface area (Å²) in [6, 6.07) is 3.34. The fraction of sp³-hybridized carbons (Fsp3) is 0.125. The van der Waals surface area contributed by atoms with E-state index in [2.05, 4.69) is 4.98 Å². The first-order valence-corrected chi connectivity index (χ1v) is 3.61. The topological polar surface area (TPSA) is 76.0 Å². The Morgan fingerprint density at radius 2 is 2.38 bits per heavy atom. The smallest absolute Gasteiger partial charge is 0.313 e. The number of rotatable bonds is 3. The molecule has 0 saturated heterocycles. The van der Waals surface area contributed by atoms with Crippen LogP contribution in [0.1, 0.15) is 12.6 Å². The first kappa shape index (κ1) is 9.18. The molecule has 0 saturated carbocycles. The summed E-state index contributed by atoms with van der Waals surface area (Å²) in [5, 5.41) is 10.4. The minimum atomic E-state index is -0.691. The molecular weight excluding hydrogens is 172 g/mol. The molecule has 0 aliphatic rings. The molecule has 5 heteroatoms. The minimum Gasteiger partial charge on any atom is -0.361 e. The number of carbonyl (C=O) groups excluding carboxylic acids is 1. The molecule has 0 aromatic carbocycles. The van der Waals surface area contributed by atoms with E-state index in [1.807, 2.05) is 0 Å². The first-order valence-electron chi connectivity index (χ1n) is 3.61. The quantitative estimate of drug-likeness (QED) is 0.431. The van der Waals surface area contributed by atoms with Crippen LogP contribution in [0.25, 0.3) is 6.08 Å². The van der Waals surface area contributed by atoms with Crippen molar-refractivity contribution in [3.05, 3.63) is 39.8 Å². The van der Waals surface area contributed by atoms with E-state index in [0.717, 1.165) is 6.92 Å². The summed E-state index contributed by atoms with van der Waals surface area (Å²) in [7, 11) is 0. The lowest BCUT2D eigenvalue weighted by Gasteiger charge is -1.91. The largest absolute Gasteiger partial charge is 0.361 e. The summed E-state index contributed by atoms with van der Waals surface area (Å²) in [5.74, 6) is -0.556. The van der Waals surface area contributed by atoms with Gasteiger partial charge in [0.25, 0.3) is 0 Å². The van der Waals surface area contributed by atoms with Gasteiger partial charge in [0.05, 0.1) is 4.92 Å². The van der Waals surface area contributed by atoms with Gasteiger partial charge in [0.1, 0.15) is 0 Å². The van der Waals surface area contributed by atoms with Gasteiger partial charge in [-0.25, -0.2) is 0 Å². The second kappa shape index (κ2) is 3.66. The highest BCUT2D eigenvalue weighted by atomic mass is 16.6. The number of hydrogen-bond acceptors (Lipinski definition) is 3. The molecule has 1 aromatic rings. The van der Waals surface area contributed by atoms with Crippen molar-refractivity contribution in [3.63, 3.8) is 0 Å². The number of nitro groups is 1. The number of Topliss-reactive ketones (excluding diaryl/α,β-unsaturated/α-hetero) is 1. The van der Waals surface area contributed by atoms with E-state index in [1.54, 1.807) is 18.3 Å². The van der Waals surface area contributed by atoms with Crippen LogP contribution in [0.15, 0.2) is 24.0 Å². The summed E-state index contributed by atoms with van der Waals surface area (Å²) >= 11 is 0. The van der Waals surface area contributed by atoms with Crippen LogP contribution in [0.5, 0.6) is 0 Å². The first-order chi connectivity index (χ1) is 6.11. The van der Waals surface area contributed by atoms with Crippen molar-refractivity contribution in [3.8, 4) is 0 Å². The number of nitrogens with zero attached hydrogens (tertiary/aromatic N) is 1. The van der Waals surface area contributed by atoms with Crippen LogP contribution in [-0.2, 0) is 4.79 Å². The van der Waals surface area contributed by atoms with E-state index >= 15 is 0 Å². The molecule has 13 heavy (non-hydrogen) atoms. The highest BCUT2D eigenvalue weighted by Crippen LogP contribution is 2.05. The zero-order chi connectivity index (χ0) is 9.84. The highest BCUT2D eigenvalue weighted by molar-refractivity contribution is 5.94. The zero-order valence-electron chi connectivity index (χ0n) is 6.98. The Labute approximate surface area is 74.2 Å². The molecule has 0 aliphatic carbocycles. The molecule has 1 heterocycles. The summed E-state index contributed by atoms with van der Waals surface area (Å²) < 4.78 is 0. The van der Waals surface area contributed by atoms with Gasteiger partial charge in [-0.3, -0.25) is 14.9 Å². The predicted molar refractivity (Wildman–Crippen MR) is 46.4 cm³/mol. The van der Waals surface area contributed by atoms with Gasteiger partial charge in [0.15, 0.2) is 0 Å². The molecule has 1 rings (SSSR count). The van der Waals surface area contributed by atoms with Gasteiger partial charge in [-0.15, -0.1) is 0 Å². The van der Waals surface area contributed by atoms with Crippen LogP contribution in [0.3, 0.4) is 0 Å². The molecule has 68 valence electrons. The Kier molecular flexibility index (Phi) is 2.59.